The van der Waals surface area contributed by atoms with Crippen LogP contribution in [-0.2, 0) is 0 Å². The van der Waals surface area contributed by atoms with Gasteiger partial charge in [0.05, 0.1) is 0 Å². The van der Waals surface area contributed by atoms with Crippen LogP contribution in [0.15, 0.2) is 36.2 Å². The first-order chi connectivity index (χ1) is 6.61. The monoisotopic (exact) mass is 189 g/mol. The molecule has 0 bridgehead atoms. The van der Waals surface area contributed by atoms with E-state index in [1.165, 1.54) is 5.57 Å². The maximum absolute atomic E-state index is 11.8. The number of allylic oxidation sites excluding steroid dienone is 2. The van der Waals surface area contributed by atoms with Crippen LogP contribution in [0, 0.1) is 5.92 Å². The van der Waals surface area contributed by atoms with E-state index in [-0.39, 0.29) is 11.7 Å². The number of pyridine rings is 1. The molecule has 0 aliphatic carbocycles. The molecule has 2 nitrogen and oxygen atoms in total. The summed E-state index contributed by atoms with van der Waals surface area (Å²) in [5.41, 5.74) is 1.89. The first kappa shape index (κ1) is 10.6. The predicted octanol–water partition coefficient (Wildman–Crippen LogP) is 2.87. The zero-order chi connectivity index (χ0) is 10.6. The highest BCUT2D eigenvalue weighted by molar-refractivity contribution is 5.98. The molecule has 0 aliphatic heterocycles. The minimum absolute atomic E-state index is 0.0533. The standard InChI is InChI=1S/C12H15NO/c1-9(2)8-10(3)12(14)11-4-6-13-7-5-11/h4-8,10H,1-3H3. The number of rotatable bonds is 3. The van der Waals surface area contributed by atoms with Gasteiger partial charge in [-0.1, -0.05) is 18.6 Å². The normalized spacial score (nSPS) is 11.9. The first-order valence-corrected chi connectivity index (χ1v) is 4.70. The third-order valence-electron chi connectivity index (χ3n) is 1.96. The molecule has 74 valence electrons. The molecule has 1 aromatic rings. The minimum atomic E-state index is -0.0533. The highest BCUT2D eigenvalue weighted by atomic mass is 16.1. The molecule has 1 unspecified atom stereocenters. The average Bonchev–Trinajstić information content (AvgIpc) is 2.17. The molecule has 1 aromatic heterocycles. The summed E-state index contributed by atoms with van der Waals surface area (Å²) >= 11 is 0. The van der Waals surface area contributed by atoms with Gasteiger partial charge in [0.2, 0.25) is 0 Å². The van der Waals surface area contributed by atoms with Crippen LogP contribution in [0.2, 0.25) is 0 Å². The number of hydrogen-bond acceptors (Lipinski definition) is 2. The van der Waals surface area contributed by atoms with E-state index in [1.54, 1.807) is 24.5 Å². The molecule has 0 fully saturated rings. The topological polar surface area (TPSA) is 30.0 Å². The van der Waals surface area contributed by atoms with Crippen LogP contribution in [0.25, 0.3) is 0 Å². The average molecular weight is 189 g/mol. The number of carbonyl (C=O) groups excluding carboxylic acids is 1. The van der Waals surface area contributed by atoms with Gasteiger partial charge < -0.3 is 0 Å². The summed E-state index contributed by atoms with van der Waals surface area (Å²) in [5, 5.41) is 0. The van der Waals surface area contributed by atoms with Gasteiger partial charge in [0, 0.05) is 23.9 Å². The second-order valence-electron chi connectivity index (χ2n) is 3.63. The molecule has 0 N–H and O–H groups in total. The molecule has 0 saturated carbocycles. The fourth-order valence-corrected chi connectivity index (χ4v) is 1.35. The summed E-state index contributed by atoms with van der Waals surface area (Å²) in [6.07, 6.45) is 5.26. The second-order valence-corrected chi connectivity index (χ2v) is 3.63. The van der Waals surface area contributed by atoms with Crippen molar-refractivity contribution in [3.05, 3.63) is 41.7 Å². The molecule has 1 rings (SSSR count). The van der Waals surface area contributed by atoms with E-state index in [0.29, 0.717) is 0 Å². The largest absolute Gasteiger partial charge is 0.294 e. The van der Waals surface area contributed by atoms with Crippen LogP contribution >= 0.6 is 0 Å². The Morgan fingerprint density at radius 3 is 2.43 bits per heavy atom. The van der Waals surface area contributed by atoms with Gasteiger partial charge >= 0.3 is 0 Å². The van der Waals surface area contributed by atoms with Gasteiger partial charge in [-0.2, -0.15) is 0 Å². The lowest BCUT2D eigenvalue weighted by Gasteiger charge is -2.05. The SMILES string of the molecule is CC(C)=CC(C)C(=O)c1ccncc1. The van der Waals surface area contributed by atoms with Crippen molar-refractivity contribution in [2.24, 2.45) is 5.92 Å². The van der Waals surface area contributed by atoms with Crippen molar-refractivity contribution in [1.29, 1.82) is 0 Å². The smallest absolute Gasteiger partial charge is 0.169 e. The predicted molar refractivity (Wildman–Crippen MR) is 57.2 cm³/mol. The van der Waals surface area contributed by atoms with Gasteiger partial charge in [-0.25, -0.2) is 0 Å². The molecule has 1 heterocycles. The molecule has 0 aliphatic rings. The number of aromatic nitrogens is 1. The van der Waals surface area contributed by atoms with Crippen LogP contribution in [-0.4, -0.2) is 10.8 Å². The van der Waals surface area contributed by atoms with Crippen molar-refractivity contribution in [3.63, 3.8) is 0 Å². The number of nitrogens with zero attached hydrogens (tertiary/aromatic N) is 1. The Hall–Kier alpha value is -1.44. The van der Waals surface area contributed by atoms with Crippen LogP contribution in [0.1, 0.15) is 31.1 Å². The summed E-state index contributed by atoms with van der Waals surface area (Å²) in [6.45, 7) is 5.91. The van der Waals surface area contributed by atoms with Crippen molar-refractivity contribution in [3.8, 4) is 0 Å². The Labute approximate surface area is 84.7 Å². The summed E-state index contributed by atoms with van der Waals surface area (Å²) in [5.74, 6) is 0.0935. The van der Waals surface area contributed by atoms with Gasteiger partial charge in [0.25, 0.3) is 0 Å². The summed E-state index contributed by atoms with van der Waals surface area (Å²) < 4.78 is 0. The second kappa shape index (κ2) is 4.70. The van der Waals surface area contributed by atoms with E-state index in [0.717, 1.165) is 5.56 Å². The number of carbonyl (C=O) groups is 1. The molecule has 0 amide bonds. The van der Waals surface area contributed by atoms with E-state index in [2.05, 4.69) is 4.98 Å². The number of ketones is 1. The lowest BCUT2D eigenvalue weighted by Crippen LogP contribution is -2.09. The third kappa shape index (κ3) is 2.80. The zero-order valence-corrected chi connectivity index (χ0v) is 8.82. The van der Waals surface area contributed by atoms with Gasteiger partial charge in [0.1, 0.15) is 0 Å². The molecule has 0 radical (unpaired) electrons. The molecular formula is C12H15NO. The Bertz CT molecular complexity index is 337. The number of hydrogen-bond donors (Lipinski definition) is 0. The van der Waals surface area contributed by atoms with Crippen molar-refractivity contribution in [2.45, 2.75) is 20.8 Å². The maximum atomic E-state index is 11.8. The van der Waals surface area contributed by atoms with Crippen LogP contribution < -0.4 is 0 Å². The van der Waals surface area contributed by atoms with Crippen LogP contribution in [0.4, 0.5) is 0 Å². The Morgan fingerprint density at radius 2 is 1.93 bits per heavy atom. The van der Waals surface area contributed by atoms with Gasteiger partial charge in [-0.05, 0) is 26.0 Å². The van der Waals surface area contributed by atoms with Crippen molar-refractivity contribution in [1.82, 2.24) is 4.98 Å². The van der Waals surface area contributed by atoms with E-state index >= 15 is 0 Å². The Kier molecular flexibility index (Phi) is 3.57. The maximum Gasteiger partial charge on any atom is 0.169 e. The third-order valence-corrected chi connectivity index (χ3v) is 1.96. The highest BCUT2D eigenvalue weighted by Crippen LogP contribution is 2.10. The van der Waals surface area contributed by atoms with Gasteiger partial charge in [-0.3, -0.25) is 9.78 Å². The Morgan fingerprint density at radius 1 is 1.36 bits per heavy atom. The summed E-state index contributed by atoms with van der Waals surface area (Å²) in [4.78, 5) is 15.7. The lowest BCUT2D eigenvalue weighted by molar-refractivity contribution is 0.0952. The number of Topliss-reactive ketones (excluding diaryl/α,β-unsaturated/α-hetero) is 1. The first-order valence-electron chi connectivity index (χ1n) is 4.70. The molecule has 0 spiro atoms. The molecule has 2 heteroatoms. The Balaban J connectivity index is 2.82. The zero-order valence-electron chi connectivity index (χ0n) is 8.82. The van der Waals surface area contributed by atoms with Crippen LogP contribution in [0.5, 0.6) is 0 Å². The summed E-state index contributed by atoms with van der Waals surface area (Å²) in [7, 11) is 0. The van der Waals surface area contributed by atoms with Crippen molar-refractivity contribution >= 4 is 5.78 Å². The highest BCUT2D eigenvalue weighted by Gasteiger charge is 2.11. The fourth-order valence-electron chi connectivity index (χ4n) is 1.35. The molecule has 0 aromatic carbocycles. The van der Waals surface area contributed by atoms with E-state index in [9.17, 15) is 4.79 Å². The quantitative estimate of drug-likeness (QED) is 0.540. The van der Waals surface area contributed by atoms with Crippen molar-refractivity contribution in [2.75, 3.05) is 0 Å². The molecule has 0 saturated heterocycles. The molecular weight excluding hydrogens is 174 g/mol. The molecule has 1 atom stereocenters. The van der Waals surface area contributed by atoms with Gasteiger partial charge in [0.15, 0.2) is 5.78 Å². The molecule has 14 heavy (non-hydrogen) atoms. The van der Waals surface area contributed by atoms with Crippen molar-refractivity contribution < 1.29 is 4.79 Å². The lowest BCUT2D eigenvalue weighted by atomic mass is 9.98. The van der Waals surface area contributed by atoms with E-state index < -0.39 is 0 Å². The summed E-state index contributed by atoms with van der Waals surface area (Å²) in [6, 6.07) is 3.50. The fraction of sp³-hybridized carbons (Fsp3) is 0.333. The van der Waals surface area contributed by atoms with E-state index in [4.69, 9.17) is 0 Å². The van der Waals surface area contributed by atoms with Crippen LogP contribution in [0.3, 0.4) is 0 Å². The minimum Gasteiger partial charge on any atom is -0.294 e. The van der Waals surface area contributed by atoms with Gasteiger partial charge in [-0.15, -0.1) is 0 Å². The van der Waals surface area contributed by atoms with E-state index in [1.807, 2.05) is 26.8 Å².